The van der Waals surface area contributed by atoms with Crippen LogP contribution in [-0.4, -0.2) is 23.0 Å². The molecule has 0 fully saturated rings. The largest absolute Gasteiger partial charge is 0.497 e. The van der Waals surface area contributed by atoms with E-state index in [4.69, 9.17) is 55.9 Å². The maximum atomic E-state index is 12.3. The Kier molecular flexibility index (Phi) is 6.47. The molecule has 1 unspecified atom stereocenters. The summed E-state index contributed by atoms with van der Waals surface area (Å²) in [6.45, 7) is 0. The van der Waals surface area contributed by atoms with Crippen molar-refractivity contribution in [3.05, 3.63) is 59.1 Å². The average molecular weight is 409 g/mol. The molecule has 4 nitrogen and oxygen atoms in total. The maximum absolute atomic E-state index is 12.3. The van der Waals surface area contributed by atoms with Crippen molar-refractivity contribution >= 4 is 52.3 Å². The summed E-state index contributed by atoms with van der Waals surface area (Å²) in [7, 11) is 1.55. The number of hydrogen-bond donors (Lipinski definition) is 1. The van der Waals surface area contributed by atoms with Gasteiger partial charge in [-0.3, -0.25) is 4.79 Å². The van der Waals surface area contributed by atoms with Gasteiger partial charge in [-0.2, -0.15) is 0 Å². The predicted octanol–water partition coefficient (Wildman–Crippen LogP) is 4.85. The Hall–Kier alpha value is -1.33. The SMILES string of the molecule is COc1ccc(OC(NC(=O)c2ccc(Cl)cc2)C(Cl)(Cl)Cl)cc1. The quantitative estimate of drug-likeness (QED) is 0.567. The van der Waals surface area contributed by atoms with Crippen molar-refractivity contribution in [2.75, 3.05) is 7.11 Å². The Morgan fingerprint density at radius 3 is 2.04 bits per heavy atom. The van der Waals surface area contributed by atoms with Gasteiger partial charge in [-0.1, -0.05) is 46.4 Å². The molecule has 2 rings (SSSR count). The number of ether oxygens (including phenoxy) is 2. The zero-order valence-electron chi connectivity index (χ0n) is 12.4. The van der Waals surface area contributed by atoms with Crippen LogP contribution in [0.4, 0.5) is 0 Å². The number of benzene rings is 2. The van der Waals surface area contributed by atoms with Gasteiger partial charge >= 0.3 is 0 Å². The molecule has 1 N–H and O–H groups in total. The van der Waals surface area contributed by atoms with Crippen LogP contribution in [0.1, 0.15) is 10.4 Å². The van der Waals surface area contributed by atoms with Crippen molar-refractivity contribution in [3.63, 3.8) is 0 Å². The number of nitrogens with one attached hydrogen (secondary N) is 1. The van der Waals surface area contributed by atoms with Gasteiger partial charge in [0.2, 0.25) is 10.0 Å². The van der Waals surface area contributed by atoms with Crippen molar-refractivity contribution in [2.24, 2.45) is 0 Å². The zero-order chi connectivity index (χ0) is 17.7. The van der Waals surface area contributed by atoms with E-state index in [1.807, 2.05) is 0 Å². The van der Waals surface area contributed by atoms with E-state index in [2.05, 4.69) is 5.32 Å². The summed E-state index contributed by atoms with van der Waals surface area (Å²) in [6, 6.07) is 12.9. The molecule has 0 bridgehead atoms. The first-order chi connectivity index (χ1) is 11.3. The lowest BCUT2D eigenvalue weighted by molar-refractivity contribution is 0.0833. The number of methoxy groups -OCH3 is 1. The number of alkyl halides is 3. The maximum Gasteiger partial charge on any atom is 0.254 e. The summed E-state index contributed by atoms with van der Waals surface area (Å²) < 4.78 is 8.77. The van der Waals surface area contributed by atoms with E-state index < -0.39 is 15.9 Å². The van der Waals surface area contributed by atoms with Gasteiger partial charge in [0.15, 0.2) is 0 Å². The fourth-order valence-corrected chi connectivity index (χ4v) is 2.20. The van der Waals surface area contributed by atoms with Crippen molar-refractivity contribution in [1.82, 2.24) is 5.32 Å². The molecule has 1 atom stereocenters. The van der Waals surface area contributed by atoms with Crippen molar-refractivity contribution < 1.29 is 14.3 Å². The predicted molar refractivity (Wildman–Crippen MR) is 96.6 cm³/mol. The Morgan fingerprint density at radius 2 is 1.54 bits per heavy atom. The summed E-state index contributed by atoms with van der Waals surface area (Å²) in [5.41, 5.74) is 0.358. The summed E-state index contributed by atoms with van der Waals surface area (Å²) >= 11 is 23.5. The van der Waals surface area contributed by atoms with E-state index >= 15 is 0 Å². The minimum atomic E-state index is -1.87. The van der Waals surface area contributed by atoms with Gasteiger partial charge < -0.3 is 14.8 Å². The van der Waals surface area contributed by atoms with E-state index in [0.717, 1.165) is 0 Å². The lowest BCUT2D eigenvalue weighted by Crippen LogP contribution is -2.47. The van der Waals surface area contributed by atoms with E-state index in [1.54, 1.807) is 55.6 Å². The molecule has 2 aromatic rings. The second-order valence-corrected chi connectivity index (χ2v) is 7.50. The average Bonchev–Trinajstić information content (AvgIpc) is 2.54. The minimum Gasteiger partial charge on any atom is -0.497 e. The van der Waals surface area contributed by atoms with Crippen molar-refractivity contribution in [2.45, 2.75) is 10.0 Å². The van der Waals surface area contributed by atoms with Gasteiger partial charge in [0, 0.05) is 10.6 Å². The highest BCUT2D eigenvalue weighted by molar-refractivity contribution is 6.68. The molecule has 8 heteroatoms. The molecule has 0 saturated heterocycles. The smallest absolute Gasteiger partial charge is 0.254 e. The third-order valence-electron chi connectivity index (χ3n) is 2.98. The molecule has 128 valence electrons. The minimum absolute atomic E-state index is 0.358. The fraction of sp³-hybridized carbons (Fsp3) is 0.188. The second-order valence-electron chi connectivity index (χ2n) is 4.70. The zero-order valence-corrected chi connectivity index (χ0v) is 15.5. The van der Waals surface area contributed by atoms with Crippen molar-refractivity contribution in [3.8, 4) is 11.5 Å². The highest BCUT2D eigenvalue weighted by Crippen LogP contribution is 2.32. The van der Waals surface area contributed by atoms with Crippen LogP contribution in [-0.2, 0) is 0 Å². The Morgan fingerprint density at radius 1 is 1.00 bits per heavy atom. The Bertz CT molecular complexity index is 684. The molecular weight excluding hydrogens is 396 g/mol. The van der Waals surface area contributed by atoms with E-state index in [0.29, 0.717) is 22.1 Å². The number of rotatable bonds is 5. The summed E-state index contributed by atoms with van der Waals surface area (Å²) in [4.78, 5) is 12.3. The monoisotopic (exact) mass is 407 g/mol. The molecule has 0 heterocycles. The number of carbonyl (C=O) groups excluding carboxylic acids is 1. The van der Waals surface area contributed by atoms with Crippen molar-refractivity contribution in [1.29, 1.82) is 0 Å². The van der Waals surface area contributed by atoms with Crippen LogP contribution in [0.2, 0.25) is 5.02 Å². The molecule has 0 saturated carbocycles. The normalized spacial score (nSPS) is 12.4. The summed E-state index contributed by atoms with van der Waals surface area (Å²) in [5.74, 6) is 0.595. The molecule has 0 spiro atoms. The van der Waals surface area contributed by atoms with Crippen LogP contribution in [0.3, 0.4) is 0 Å². The molecule has 0 aromatic heterocycles. The van der Waals surface area contributed by atoms with Crippen LogP contribution < -0.4 is 14.8 Å². The standard InChI is InChI=1S/C16H13Cl4NO3/c1-23-12-6-8-13(9-7-12)24-15(16(18,19)20)21-14(22)10-2-4-11(17)5-3-10/h2-9,15H,1H3,(H,21,22). The van der Waals surface area contributed by atoms with Crippen LogP contribution in [0.25, 0.3) is 0 Å². The summed E-state index contributed by atoms with van der Waals surface area (Å²) in [5, 5.41) is 3.05. The molecule has 0 aliphatic carbocycles. The van der Waals surface area contributed by atoms with Gasteiger partial charge in [0.1, 0.15) is 11.5 Å². The molecule has 0 aliphatic heterocycles. The van der Waals surface area contributed by atoms with Gasteiger partial charge in [-0.15, -0.1) is 0 Å². The van der Waals surface area contributed by atoms with Crippen LogP contribution in [0.15, 0.2) is 48.5 Å². The first-order valence-corrected chi connectivity index (χ1v) is 8.24. The fourth-order valence-electron chi connectivity index (χ4n) is 1.77. The molecule has 0 radical (unpaired) electrons. The third-order valence-corrected chi connectivity index (χ3v) is 3.83. The Balaban J connectivity index is 2.13. The first-order valence-electron chi connectivity index (χ1n) is 6.73. The number of carbonyl (C=O) groups is 1. The number of halogens is 4. The van der Waals surface area contributed by atoms with Gasteiger partial charge in [0.05, 0.1) is 7.11 Å². The van der Waals surface area contributed by atoms with E-state index in [1.165, 1.54) is 0 Å². The highest BCUT2D eigenvalue weighted by Gasteiger charge is 2.36. The van der Waals surface area contributed by atoms with E-state index in [9.17, 15) is 4.79 Å². The summed E-state index contributed by atoms with van der Waals surface area (Å²) in [6.07, 6.45) is -1.20. The van der Waals surface area contributed by atoms with Crippen LogP contribution >= 0.6 is 46.4 Å². The van der Waals surface area contributed by atoms with Gasteiger partial charge in [0.25, 0.3) is 5.91 Å². The third kappa shape index (κ3) is 5.35. The Labute approximate surface area is 159 Å². The lowest BCUT2D eigenvalue weighted by atomic mass is 10.2. The number of hydrogen-bond acceptors (Lipinski definition) is 3. The number of amides is 1. The van der Waals surface area contributed by atoms with Crippen LogP contribution in [0, 0.1) is 0 Å². The topological polar surface area (TPSA) is 47.6 Å². The highest BCUT2D eigenvalue weighted by atomic mass is 35.6. The molecule has 2 aromatic carbocycles. The van der Waals surface area contributed by atoms with Gasteiger partial charge in [-0.25, -0.2) is 0 Å². The van der Waals surface area contributed by atoms with Crippen LogP contribution in [0.5, 0.6) is 11.5 Å². The molecule has 24 heavy (non-hydrogen) atoms. The first kappa shape index (κ1) is 19.0. The lowest BCUT2D eigenvalue weighted by Gasteiger charge is -2.26. The molecule has 0 aliphatic rings. The second kappa shape index (κ2) is 8.17. The molecular formula is C16H13Cl4NO3. The molecule has 1 amide bonds. The van der Waals surface area contributed by atoms with Gasteiger partial charge in [-0.05, 0) is 48.5 Å². The van der Waals surface area contributed by atoms with E-state index in [-0.39, 0.29) is 0 Å².